The van der Waals surface area contributed by atoms with Gasteiger partial charge >= 0.3 is 0 Å². The van der Waals surface area contributed by atoms with E-state index < -0.39 is 0 Å². The van der Waals surface area contributed by atoms with Crippen molar-refractivity contribution in [1.29, 1.82) is 0 Å². The molecule has 5 rings (SSSR count). The number of nitrogens with one attached hydrogen (secondary N) is 1. The number of nitrogens with zero attached hydrogens (tertiary/aromatic N) is 6. The predicted molar refractivity (Wildman–Crippen MR) is 141 cm³/mol. The van der Waals surface area contributed by atoms with Gasteiger partial charge in [-0.2, -0.15) is 10.3 Å². The van der Waals surface area contributed by atoms with Crippen molar-refractivity contribution in [2.45, 2.75) is 70.8 Å². The second-order valence-corrected chi connectivity index (χ2v) is 10.1. The maximum absolute atomic E-state index is 5.81. The van der Waals surface area contributed by atoms with Crippen LogP contribution in [-0.2, 0) is 6.54 Å². The number of hydrogen-bond acceptors (Lipinski definition) is 6. The van der Waals surface area contributed by atoms with Crippen molar-refractivity contribution >= 4 is 0 Å². The molecule has 0 aliphatic heterocycles. The lowest BCUT2D eigenvalue weighted by molar-refractivity contribution is 0.302. The molecule has 0 radical (unpaired) electrons. The maximum Gasteiger partial charge on any atom is 0.205 e. The lowest BCUT2D eigenvalue weighted by atomic mass is 9.80. The van der Waals surface area contributed by atoms with Gasteiger partial charge in [-0.3, -0.25) is 0 Å². The average Bonchev–Trinajstić information content (AvgIpc) is 3.60. The molecule has 2 heterocycles. The van der Waals surface area contributed by atoms with E-state index in [2.05, 4.69) is 69.5 Å². The van der Waals surface area contributed by atoms with E-state index in [1.807, 2.05) is 18.2 Å². The second kappa shape index (κ2) is 11.1. The summed E-state index contributed by atoms with van der Waals surface area (Å²) in [7, 11) is 0. The monoisotopic (exact) mass is 484 g/mol. The van der Waals surface area contributed by atoms with Gasteiger partial charge in [0.15, 0.2) is 5.82 Å². The molecule has 1 unspecified atom stereocenters. The zero-order valence-electron chi connectivity index (χ0n) is 21.3. The number of hydrogen-bond donors (Lipinski definition) is 2. The van der Waals surface area contributed by atoms with Crippen LogP contribution in [0.5, 0.6) is 0 Å². The van der Waals surface area contributed by atoms with Crippen molar-refractivity contribution in [1.82, 2.24) is 35.4 Å². The number of rotatable bonds is 9. The Bertz CT molecular complexity index is 1240. The number of nitrogens with two attached hydrogens (primary N) is 1. The molecule has 0 amide bonds. The molecule has 1 aliphatic carbocycles. The van der Waals surface area contributed by atoms with Crippen LogP contribution in [0.15, 0.2) is 48.5 Å². The lowest BCUT2D eigenvalue weighted by Gasteiger charge is -2.27. The highest BCUT2D eigenvalue weighted by molar-refractivity contribution is 5.80. The lowest BCUT2D eigenvalue weighted by Crippen LogP contribution is -2.19. The van der Waals surface area contributed by atoms with E-state index in [0.717, 1.165) is 60.2 Å². The topological polar surface area (TPSA) is 111 Å². The molecule has 1 aliphatic rings. The van der Waals surface area contributed by atoms with Gasteiger partial charge in [0.2, 0.25) is 5.82 Å². The first kappa shape index (κ1) is 24.3. The first-order valence-corrected chi connectivity index (χ1v) is 13.2. The summed E-state index contributed by atoms with van der Waals surface area (Å²) in [4.78, 5) is 5.08. The van der Waals surface area contributed by atoms with Crippen LogP contribution >= 0.6 is 0 Å². The van der Waals surface area contributed by atoms with Crippen LogP contribution in [0.3, 0.4) is 0 Å². The van der Waals surface area contributed by atoms with Gasteiger partial charge in [-0.1, -0.05) is 62.4 Å². The van der Waals surface area contributed by atoms with Crippen LogP contribution in [0.25, 0.3) is 22.5 Å². The summed E-state index contributed by atoms with van der Waals surface area (Å²) in [5, 5.41) is 19.6. The van der Waals surface area contributed by atoms with E-state index in [1.165, 1.54) is 31.2 Å². The van der Waals surface area contributed by atoms with Crippen LogP contribution in [0, 0.1) is 5.92 Å². The Morgan fingerprint density at radius 2 is 1.78 bits per heavy atom. The summed E-state index contributed by atoms with van der Waals surface area (Å²) in [6.07, 6.45) is 7.01. The van der Waals surface area contributed by atoms with E-state index in [9.17, 15) is 0 Å². The Hall–Kier alpha value is -3.39. The standard InChI is InChI=1S/C28H36N8/c1-3-19(2)26-30-28(23-14-8-20(9-15-23)16-17-29)36(33-26)18-21-10-12-22(13-11-21)24-6-4-5-7-25(24)27-31-34-35-32-27/h4-7,10-13,19-20,23H,3,8-9,14-18,29H2,1-2H3,(H,31,32,34,35). The third-order valence-corrected chi connectivity index (χ3v) is 7.67. The summed E-state index contributed by atoms with van der Waals surface area (Å²) < 4.78 is 2.16. The molecule has 0 saturated heterocycles. The Morgan fingerprint density at radius 1 is 1.03 bits per heavy atom. The molecular weight excluding hydrogens is 448 g/mol. The minimum atomic E-state index is 0.364. The van der Waals surface area contributed by atoms with Crippen molar-refractivity contribution in [3.05, 3.63) is 65.7 Å². The number of aromatic amines is 1. The SMILES string of the molecule is CCC(C)c1nc(C2CCC(CCN)CC2)n(Cc2ccc(-c3ccccc3-c3nn[nH]n3)cc2)n1. The summed E-state index contributed by atoms with van der Waals surface area (Å²) in [5.41, 5.74) is 10.2. The first-order chi connectivity index (χ1) is 17.7. The Labute approximate surface area is 212 Å². The van der Waals surface area contributed by atoms with Crippen LogP contribution in [0.1, 0.15) is 81.4 Å². The molecule has 1 saturated carbocycles. The molecule has 4 aromatic rings. The molecule has 1 fully saturated rings. The third-order valence-electron chi connectivity index (χ3n) is 7.67. The molecule has 1 atom stereocenters. The normalized spacial score (nSPS) is 18.9. The van der Waals surface area contributed by atoms with Gasteiger partial charge in [-0.15, -0.1) is 10.2 Å². The zero-order valence-corrected chi connectivity index (χ0v) is 21.3. The quantitative estimate of drug-likeness (QED) is 0.333. The van der Waals surface area contributed by atoms with Crippen LogP contribution in [0.2, 0.25) is 0 Å². The summed E-state index contributed by atoms with van der Waals surface area (Å²) in [6, 6.07) is 16.9. The van der Waals surface area contributed by atoms with Crippen molar-refractivity contribution in [3.63, 3.8) is 0 Å². The van der Waals surface area contributed by atoms with Crippen LogP contribution < -0.4 is 5.73 Å². The number of tetrazole rings is 1. The molecule has 188 valence electrons. The molecule has 2 aromatic heterocycles. The Balaban J connectivity index is 1.38. The van der Waals surface area contributed by atoms with E-state index in [4.69, 9.17) is 15.8 Å². The summed E-state index contributed by atoms with van der Waals surface area (Å²) in [5.74, 6) is 4.33. The first-order valence-electron chi connectivity index (χ1n) is 13.2. The van der Waals surface area contributed by atoms with E-state index in [-0.39, 0.29) is 0 Å². The van der Waals surface area contributed by atoms with Gasteiger partial charge in [0.05, 0.1) is 6.54 Å². The Kier molecular flexibility index (Phi) is 7.51. The fourth-order valence-electron chi connectivity index (χ4n) is 5.30. The highest BCUT2D eigenvalue weighted by atomic mass is 15.5. The van der Waals surface area contributed by atoms with Gasteiger partial charge in [-0.25, -0.2) is 9.67 Å². The third kappa shape index (κ3) is 5.23. The maximum atomic E-state index is 5.81. The molecule has 8 nitrogen and oxygen atoms in total. The van der Waals surface area contributed by atoms with Crippen molar-refractivity contribution in [2.75, 3.05) is 6.54 Å². The van der Waals surface area contributed by atoms with Crippen molar-refractivity contribution in [3.8, 4) is 22.5 Å². The number of H-pyrrole nitrogens is 1. The van der Waals surface area contributed by atoms with E-state index >= 15 is 0 Å². The van der Waals surface area contributed by atoms with Gasteiger partial charge < -0.3 is 5.73 Å². The van der Waals surface area contributed by atoms with Gasteiger partial charge in [0.25, 0.3) is 0 Å². The van der Waals surface area contributed by atoms with E-state index in [0.29, 0.717) is 17.7 Å². The number of benzene rings is 2. The zero-order chi connectivity index (χ0) is 24.9. The fraction of sp³-hybridized carbons (Fsp3) is 0.464. The fourth-order valence-corrected chi connectivity index (χ4v) is 5.30. The summed E-state index contributed by atoms with van der Waals surface area (Å²) in [6.45, 7) is 5.94. The molecule has 0 bridgehead atoms. The highest BCUT2D eigenvalue weighted by Crippen LogP contribution is 2.37. The highest BCUT2D eigenvalue weighted by Gasteiger charge is 2.27. The smallest absolute Gasteiger partial charge is 0.205 e. The predicted octanol–water partition coefficient (Wildman–Crippen LogP) is 5.31. The molecule has 8 heteroatoms. The van der Waals surface area contributed by atoms with Gasteiger partial charge in [0, 0.05) is 17.4 Å². The summed E-state index contributed by atoms with van der Waals surface area (Å²) >= 11 is 0. The Morgan fingerprint density at radius 3 is 2.44 bits per heavy atom. The average molecular weight is 485 g/mol. The second-order valence-electron chi connectivity index (χ2n) is 10.1. The molecule has 3 N–H and O–H groups in total. The molecule has 2 aromatic carbocycles. The molecule has 36 heavy (non-hydrogen) atoms. The molecule has 0 spiro atoms. The minimum Gasteiger partial charge on any atom is -0.330 e. The van der Waals surface area contributed by atoms with Crippen LogP contribution in [-0.4, -0.2) is 41.9 Å². The van der Waals surface area contributed by atoms with Crippen LogP contribution in [0.4, 0.5) is 0 Å². The molecular formula is C28H36N8. The van der Waals surface area contributed by atoms with Crippen molar-refractivity contribution < 1.29 is 0 Å². The van der Waals surface area contributed by atoms with Crippen molar-refractivity contribution in [2.24, 2.45) is 11.7 Å². The number of aromatic nitrogens is 7. The minimum absolute atomic E-state index is 0.364. The van der Waals surface area contributed by atoms with Gasteiger partial charge in [-0.05, 0) is 72.9 Å². The largest absolute Gasteiger partial charge is 0.330 e. The van der Waals surface area contributed by atoms with E-state index in [1.54, 1.807) is 0 Å². The van der Waals surface area contributed by atoms with Gasteiger partial charge in [0.1, 0.15) is 5.82 Å².